The number of carboxylic acid groups (broad SMARTS) is 1. The van der Waals surface area contributed by atoms with E-state index in [1.165, 1.54) is 11.3 Å². The lowest BCUT2D eigenvalue weighted by Crippen LogP contribution is -2.42. The molecule has 5 rings (SSSR count). The number of carboxylic acids is 1. The first-order valence-electron chi connectivity index (χ1n) is 13.7. The molecule has 10 heteroatoms. The highest BCUT2D eigenvalue weighted by atomic mass is 35.5. The molecule has 4 aromatic rings. The third-order valence-corrected chi connectivity index (χ3v) is 8.18. The molecule has 0 spiro atoms. The minimum atomic E-state index is -0.865. The summed E-state index contributed by atoms with van der Waals surface area (Å²) in [4.78, 5) is 30.6. The molecule has 41 heavy (non-hydrogen) atoms. The Kier molecular flexibility index (Phi) is 9.64. The van der Waals surface area contributed by atoms with Gasteiger partial charge in [-0.05, 0) is 95.6 Å². The van der Waals surface area contributed by atoms with E-state index >= 15 is 0 Å². The first-order valence-corrected chi connectivity index (χ1v) is 14.9. The molecule has 0 saturated carbocycles. The lowest BCUT2D eigenvalue weighted by atomic mass is 9.93. The molecule has 1 fully saturated rings. The van der Waals surface area contributed by atoms with Crippen LogP contribution >= 0.6 is 22.9 Å². The molecule has 8 nitrogen and oxygen atoms in total. The van der Waals surface area contributed by atoms with E-state index in [4.69, 9.17) is 26.7 Å². The number of hydrogen-bond donors (Lipinski definition) is 2. The maximum absolute atomic E-state index is 11.7. The molecule has 0 bridgehead atoms. The highest BCUT2D eigenvalue weighted by molar-refractivity contribution is 7.22. The molecule has 0 amide bonds. The summed E-state index contributed by atoms with van der Waals surface area (Å²) in [5.74, 6) is -0.138. The zero-order valence-corrected chi connectivity index (χ0v) is 26.1. The van der Waals surface area contributed by atoms with Gasteiger partial charge in [0.15, 0.2) is 0 Å². The highest BCUT2D eigenvalue weighted by Crippen LogP contribution is 2.41. The van der Waals surface area contributed by atoms with Gasteiger partial charge in [0.05, 0.1) is 22.2 Å². The fraction of sp³-hybridized carbons (Fsp3) is 0.419. The highest BCUT2D eigenvalue weighted by Gasteiger charge is 2.24. The summed E-state index contributed by atoms with van der Waals surface area (Å²) in [7, 11) is 4.26. The number of aromatic nitrogens is 3. The van der Waals surface area contributed by atoms with Gasteiger partial charge in [0, 0.05) is 35.9 Å². The normalized spacial score (nSPS) is 14.3. The van der Waals surface area contributed by atoms with Gasteiger partial charge in [0.25, 0.3) is 0 Å². The maximum Gasteiger partial charge on any atom is 0.307 e. The summed E-state index contributed by atoms with van der Waals surface area (Å²) in [6.07, 6.45) is 3.89. The van der Waals surface area contributed by atoms with Gasteiger partial charge in [0.1, 0.15) is 10.7 Å². The smallest absolute Gasteiger partial charge is 0.307 e. The molecule has 2 aromatic carbocycles. The Morgan fingerprint density at radius 3 is 2.34 bits per heavy atom. The van der Waals surface area contributed by atoms with Crippen LogP contribution in [0, 0.1) is 6.92 Å². The molecule has 0 atom stereocenters. The lowest BCUT2D eigenvalue weighted by Gasteiger charge is -2.35. The van der Waals surface area contributed by atoms with Crippen LogP contribution in [0.5, 0.6) is 0 Å². The molecule has 0 radical (unpaired) electrons. The molecule has 1 saturated heterocycles. The van der Waals surface area contributed by atoms with E-state index in [0.29, 0.717) is 11.1 Å². The van der Waals surface area contributed by atoms with E-state index in [2.05, 4.69) is 28.9 Å². The quantitative estimate of drug-likeness (QED) is 0.267. The Hall–Kier alpha value is -3.11. The average Bonchev–Trinajstić information content (AvgIpc) is 3.32. The Bertz CT molecular complexity index is 1500. The van der Waals surface area contributed by atoms with Crippen LogP contribution in [-0.4, -0.2) is 74.9 Å². The minimum Gasteiger partial charge on any atom is -0.481 e. The van der Waals surface area contributed by atoms with Crippen molar-refractivity contribution in [3.63, 3.8) is 0 Å². The van der Waals surface area contributed by atoms with Gasteiger partial charge in [-0.3, -0.25) is 4.79 Å². The van der Waals surface area contributed by atoms with Gasteiger partial charge in [-0.1, -0.05) is 23.7 Å². The number of hydrogen-bond acceptors (Lipinski definition) is 8. The maximum atomic E-state index is 11.7. The van der Waals surface area contributed by atoms with E-state index in [1.807, 2.05) is 43.3 Å². The molecule has 1 aliphatic heterocycles. The van der Waals surface area contributed by atoms with E-state index in [9.17, 15) is 9.90 Å². The van der Waals surface area contributed by atoms with E-state index in [1.54, 1.807) is 27.0 Å². The number of carbonyl (C=O) groups is 1. The Balaban J connectivity index is 0.000000714. The van der Waals surface area contributed by atoms with Gasteiger partial charge in [-0.25, -0.2) is 15.0 Å². The number of aliphatic carboxylic acids is 1. The van der Waals surface area contributed by atoms with Crippen LogP contribution < -0.4 is 4.90 Å². The average molecular weight is 596 g/mol. The number of aliphatic hydroxyl groups is 1. The Morgan fingerprint density at radius 1 is 1.12 bits per heavy atom. The number of rotatable bonds is 6. The first kappa shape index (κ1) is 30.8. The van der Waals surface area contributed by atoms with Crippen LogP contribution in [0.2, 0.25) is 5.02 Å². The number of halogens is 1. The molecule has 2 aromatic heterocycles. The molecule has 1 aliphatic rings. The second-order valence-corrected chi connectivity index (χ2v) is 13.0. The van der Waals surface area contributed by atoms with Crippen molar-refractivity contribution in [2.75, 3.05) is 32.1 Å². The third kappa shape index (κ3) is 8.01. The summed E-state index contributed by atoms with van der Waals surface area (Å²) < 4.78 is 0.945. The summed E-state index contributed by atoms with van der Waals surface area (Å²) in [5, 5.41) is 19.6. The van der Waals surface area contributed by atoms with Gasteiger partial charge in [0.2, 0.25) is 5.95 Å². The van der Waals surface area contributed by atoms with Crippen LogP contribution in [0.1, 0.15) is 44.7 Å². The molecule has 2 N–H and O–H groups in total. The van der Waals surface area contributed by atoms with Gasteiger partial charge in [-0.2, -0.15) is 0 Å². The summed E-state index contributed by atoms with van der Waals surface area (Å²) in [6, 6.07) is 12.0. The largest absolute Gasteiger partial charge is 0.481 e. The van der Waals surface area contributed by atoms with Crippen molar-refractivity contribution in [1.29, 1.82) is 0 Å². The second kappa shape index (κ2) is 12.8. The van der Waals surface area contributed by atoms with Gasteiger partial charge < -0.3 is 20.0 Å². The van der Waals surface area contributed by atoms with Crippen LogP contribution in [0.15, 0.2) is 42.6 Å². The summed E-state index contributed by atoms with van der Waals surface area (Å²) in [5.41, 5.74) is 4.62. The van der Waals surface area contributed by atoms with E-state index in [-0.39, 0.29) is 6.42 Å². The SMILES string of the molecule is CC(C)(C)O.Cc1cc2nc(-c3ccnc(N4CCC(N(C)C)CC4)n3)sc2c(-c2ccc(Cl)cc2)c1CC(=O)O. The van der Waals surface area contributed by atoms with Crippen molar-refractivity contribution in [3.05, 3.63) is 58.7 Å². The number of piperidine rings is 1. The number of anilines is 1. The zero-order valence-electron chi connectivity index (χ0n) is 24.5. The number of nitrogens with zero attached hydrogens (tertiary/aromatic N) is 5. The number of fused-ring (bicyclic) bond motifs is 1. The van der Waals surface area contributed by atoms with Crippen molar-refractivity contribution in [3.8, 4) is 21.8 Å². The molecule has 218 valence electrons. The Labute approximate surface area is 250 Å². The van der Waals surface area contributed by atoms with Gasteiger partial charge in [-0.15, -0.1) is 11.3 Å². The standard InChI is InChI=1S/C27H28ClN5O2S.C4H10O/c1-16-14-22-25(24(20(16)15-23(34)35)17-4-6-18(28)7-5-17)36-26(30-22)21-8-11-29-27(31-21)33-12-9-19(10-13-33)32(2)3;1-4(2,3)5/h4-8,11,14,19H,9-10,12-13,15H2,1-3H3,(H,34,35);5H,1-3H3. The predicted molar refractivity (Wildman–Crippen MR) is 168 cm³/mol. The van der Waals surface area contributed by atoms with Crippen LogP contribution in [-0.2, 0) is 11.2 Å². The monoisotopic (exact) mass is 595 g/mol. The second-order valence-electron chi connectivity index (χ2n) is 11.6. The number of thiazole rings is 1. The van der Waals surface area contributed by atoms with Crippen molar-refractivity contribution >= 4 is 45.1 Å². The van der Waals surface area contributed by atoms with Crippen LogP contribution in [0.3, 0.4) is 0 Å². The molecular formula is C31H38ClN5O3S. The molecule has 3 heterocycles. The molecule has 0 unspecified atom stereocenters. The van der Waals surface area contributed by atoms with Crippen molar-refractivity contribution in [1.82, 2.24) is 19.9 Å². The first-order chi connectivity index (χ1) is 19.3. The Morgan fingerprint density at radius 2 is 1.76 bits per heavy atom. The number of benzene rings is 2. The molecular weight excluding hydrogens is 558 g/mol. The van der Waals surface area contributed by atoms with Crippen molar-refractivity contribution in [2.45, 2.75) is 58.6 Å². The van der Waals surface area contributed by atoms with Crippen molar-refractivity contribution < 1.29 is 15.0 Å². The van der Waals surface area contributed by atoms with Crippen LogP contribution in [0.25, 0.3) is 32.0 Å². The van der Waals surface area contributed by atoms with E-state index in [0.717, 1.165) is 75.1 Å². The zero-order chi connectivity index (χ0) is 29.9. The van der Waals surface area contributed by atoms with Crippen molar-refractivity contribution in [2.24, 2.45) is 0 Å². The molecule has 0 aliphatic carbocycles. The minimum absolute atomic E-state index is 0.0620. The summed E-state index contributed by atoms with van der Waals surface area (Å²) in [6.45, 7) is 9.01. The van der Waals surface area contributed by atoms with Gasteiger partial charge >= 0.3 is 5.97 Å². The summed E-state index contributed by atoms with van der Waals surface area (Å²) >= 11 is 7.67. The lowest BCUT2D eigenvalue weighted by molar-refractivity contribution is -0.136. The van der Waals surface area contributed by atoms with Crippen LogP contribution in [0.4, 0.5) is 5.95 Å². The topological polar surface area (TPSA) is 103 Å². The fourth-order valence-corrected chi connectivity index (χ4v) is 6.08. The third-order valence-electron chi connectivity index (χ3n) is 6.81. The van der Waals surface area contributed by atoms with E-state index < -0.39 is 11.6 Å². The fourth-order valence-electron chi connectivity index (χ4n) is 4.85. The predicted octanol–water partition coefficient (Wildman–Crippen LogP) is 6.32. The number of aryl methyl sites for hydroxylation is 1.